The van der Waals surface area contributed by atoms with Gasteiger partial charge in [0.1, 0.15) is 22.4 Å². The van der Waals surface area contributed by atoms with E-state index >= 15 is 0 Å². The lowest BCUT2D eigenvalue weighted by atomic mass is 10.1. The maximum absolute atomic E-state index is 14.5. The summed E-state index contributed by atoms with van der Waals surface area (Å²) in [7, 11) is -3.55. The van der Waals surface area contributed by atoms with Crippen LogP contribution in [0.2, 0.25) is 0 Å². The highest BCUT2D eigenvalue weighted by Gasteiger charge is 2.37. The highest BCUT2D eigenvalue weighted by Crippen LogP contribution is 2.38. The van der Waals surface area contributed by atoms with Crippen molar-refractivity contribution in [3.63, 3.8) is 0 Å². The second-order valence-corrected chi connectivity index (χ2v) is 11.3. The lowest BCUT2D eigenvalue weighted by molar-refractivity contribution is -0.137. The molecule has 3 rings (SSSR count). The Kier molecular flexibility index (Phi) is 6.80. The molecule has 1 aliphatic heterocycles. The van der Waals surface area contributed by atoms with E-state index in [0.717, 1.165) is 21.9 Å². The largest absolute Gasteiger partial charge is 0.420 e. The number of aromatic nitrogens is 3. The third-order valence-electron chi connectivity index (χ3n) is 4.74. The minimum atomic E-state index is -4.74. The summed E-state index contributed by atoms with van der Waals surface area (Å²) in [5, 5.41) is 12.6. The van der Waals surface area contributed by atoms with Gasteiger partial charge in [0.2, 0.25) is 16.0 Å². The second-order valence-electron chi connectivity index (χ2n) is 8.25. The predicted octanol–water partition coefficient (Wildman–Crippen LogP) is 2.72. The van der Waals surface area contributed by atoms with E-state index in [9.17, 15) is 31.1 Å². The van der Waals surface area contributed by atoms with Crippen molar-refractivity contribution in [2.45, 2.75) is 50.7 Å². The Labute approximate surface area is 186 Å². The topological polar surface area (TPSA) is 108 Å². The van der Waals surface area contributed by atoms with Crippen LogP contribution in [0.3, 0.4) is 0 Å². The zero-order valence-corrected chi connectivity index (χ0v) is 19.2. The summed E-state index contributed by atoms with van der Waals surface area (Å²) in [6.07, 6.45) is -3.05. The number of aliphatic hydroxyl groups is 1. The molecule has 0 saturated carbocycles. The fraction of sp³-hybridized carbons (Fsp3) is 0.611. The minimum absolute atomic E-state index is 0.00859. The summed E-state index contributed by atoms with van der Waals surface area (Å²) in [6, 6.07) is -0.861. The number of hydrogen-bond donors (Lipinski definition) is 2. The van der Waals surface area contributed by atoms with Gasteiger partial charge in [0.15, 0.2) is 0 Å². The standard InChI is InChI=1S/C18H23F4N5O3S2/c1-17(2,28)6-10-7-23-15(31-10)14-11(18(20,21)22)8-24-16(26-14)25-13-4-5-27(9-12(13)19)32(3,29)30/h7-8,12-13,28H,4-6,9H2,1-3H3,(H,24,25,26)/t12-,13-/m1/s1. The van der Waals surface area contributed by atoms with Gasteiger partial charge in [0, 0.05) is 36.8 Å². The van der Waals surface area contributed by atoms with Crippen molar-refractivity contribution < 1.29 is 31.1 Å². The molecule has 8 nitrogen and oxygen atoms in total. The lowest BCUT2D eigenvalue weighted by Crippen LogP contribution is -2.49. The molecule has 0 unspecified atom stereocenters. The molecular weight excluding hydrogens is 474 g/mol. The van der Waals surface area contributed by atoms with E-state index in [-0.39, 0.29) is 36.9 Å². The van der Waals surface area contributed by atoms with Gasteiger partial charge in [-0.1, -0.05) is 0 Å². The molecule has 2 atom stereocenters. The zero-order valence-electron chi connectivity index (χ0n) is 17.5. The van der Waals surface area contributed by atoms with E-state index in [1.165, 1.54) is 6.20 Å². The van der Waals surface area contributed by atoms with Crippen molar-refractivity contribution in [3.05, 3.63) is 22.8 Å². The smallest absolute Gasteiger partial charge is 0.390 e. The molecule has 1 aliphatic rings. The van der Waals surface area contributed by atoms with Crippen LogP contribution in [0.1, 0.15) is 30.7 Å². The summed E-state index contributed by atoms with van der Waals surface area (Å²) < 4.78 is 79.3. The Bertz CT molecular complexity index is 1070. The summed E-state index contributed by atoms with van der Waals surface area (Å²) in [5.41, 5.74) is -2.60. The highest BCUT2D eigenvalue weighted by molar-refractivity contribution is 7.88. The fourth-order valence-electron chi connectivity index (χ4n) is 3.25. The SMILES string of the molecule is CC(C)(O)Cc1cnc(-c2nc(N[C@@H]3CCN(S(C)(=O)=O)C[C@H]3F)ncc2C(F)(F)F)s1. The lowest BCUT2D eigenvalue weighted by Gasteiger charge is -2.33. The van der Waals surface area contributed by atoms with Gasteiger partial charge in [-0.25, -0.2) is 27.8 Å². The first-order valence-corrected chi connectivity index (χ1v) is 12.3. The molecule has 0 radical (unpaired) electrons. The van der Waals surface area contributed by atoms with Gasteiger partial charge >= 0.3 is 6.18 Å². The summed E-state index contributed by atoms with van der Waals surface area (Å²) in [6.45, 7) is 2.85. The number of alkyl halides is 4. The molecule has 0 aromatic carbocycles. The Hall–Kier alpha value is -1.90. The second kappa shape index (κ2) is 8.80. The average Bonchev–Trinajstić information content (AvgIpc) is 3.08. The van der Waals surface area contributed by atoms with E-state index in [0.29, 0.717) is 11.1 Å². The van der Waals surface area contributed by atoms with Crippen LogP contribution in [0.5, 0.6) is 0 Å². The van der Waals surface area contributed by atoms with E-state index in [1.807, 2.05) is 0 Å². The molecule has 0 aliphatic carbocycles. The number of hydrogen-bond acceptors (Lipinski definition) is 8. The van der Waals surface area contributed by atoms with Crippen LogP contribution in [0, 0.1) is 0 Å². The summed E-state index contributed by atoms with van der Waals surface area (Å²) >= 11 is 0.965. The number of piperidine rings is 1. The molecule has 178 valence electrons. The molecule has 32 heavy (non-hydrogen) atoms. The Morgan fingerprint density at radius 3 is 2.53 bits per heavy atom. The molecule has 3 heterocycles. The van der Waals surface area contributed by atoms with Gasteiger partial charge in [-0.05, 0) is 20.3 Å². The van der Waals surface area contributed by atoms with Gasteiger partial charge in [-0.15, -0.1) is 11.3 Å². The molecule has 2 aromatic rings. The molecule has 2 aromatic heterocycles. The first kappa shape index (κ1) is 24.7. The third-order valence-corrected chi connectivity index (χ3v) is 7.02. The average molecular weight is 498 g/mol. The van der Waals surface area contributed by atoms with Crippen LogP contribution in [-0.4, -0.2) is 69.9 Å². The minimum Gasteiger partial charge on any atom is -0.390 e. The van der Waals surface area contributed by atoms with Crippen LogP contribution >= 0.6 is 11.3 Å². The van der Waals surface area contributed by atoms with Gasteiger partial charge in [-0.2, -0.15) is 17.5 Å². The first-order chi connectivity index (χ1) is 14.6. The highest BCUT2D eigenvalue weighted by atomic mass is 32.2. The van der Waals surface area contributed by atoms with Crippen LogP contribution in [0.4, 0.5) is 23.5 Å². The molecule has 0 bridgehead atoms. The number of anilines is 1. The number of halogens is 4. The molecule has 1 fully saturated rings. The molecule has 1 saturated heterocycles. The normalized spacial score (nSPS) is 21.0. The van der Waals surface area contributed by atoms with Crippen LogP contribution in [0.25, 0.3) is 10.7 Å². The molecule has 14 heteroatoms. The summed E-state index contributed by atoms with van der Waals surface area (Å²) in [5.74, 6) is -0.215. The number of thiazole rings is 1. The first-order valence-electron chi connectivity index (χ1n) is 9.61. The Morgan fingerprint density at radius 2 is 1.97 bits per heavy atom. The van der Waals surface area contributed by atoms with E-state index in [4.69, 9.17) is 0 Å². The number of nitrogens with zero attached hydrogens (tertiary/aromatic N) is 4. The van der Waals surface area contributed by atoms with Crippen LogP contribution in [-0.2, 0) is 22.6 Å². The Balaban J connectivity index is 1.87. The molecule has 0 spiro atoms. The van der Waals surface area contributed by atoms with Crippen molar-refractivity contribution in [2.24, 2.45) is 0 Å². The predicted molar refractivity (Wildman–Crippen MR) is 111 cm³/mol. The van der Waals surface area contributed by atoms with Gasteiger partial charge in [-0.3, -0.25) is 0 Å². The van der Waals surface area contributed by atoms with E-state index in [2.05, 4.69) is 20.3 Å². The number of rotatable bonds is 6. The maximum Gasteiger partial charge on any atom is 0.420 e. The van der Waals surface area contributed by atoms with Crippen molar-refractivity contribution in [2.75, 3.05) is 24.7 Å². The van der Waals surface area contributed by atoms with Crippen LogP contribution < -0.4 is 5.32 Å². The quantitative estimate of drug-likeness (QED) is 0.591. The van der Waals surface area contributed by atoms with E-state index < -0.39 is 45.3 Å². The molecular formula is C18H23F4N5O3S2. The molecule has 2 N–H and O–H groups in total. The molecule has 0 amide bonds. The van der Waals surface area contributed by atoms with Crippen LogP contribution in [0.15, 0.2) is 12.4 Å². The number of sulfonamides is 1. The number of nitrogens with one attached hydrogen (secondary N) is 1. The third kappa shape index (κ3) is 6.11. The zero-order chi connectivity index (χ0) is 23.9. The fourth-order valence-corrected chi connectivity index (χ4v) is 5.24. The van der Waals surface area contributed by atoms with E-state index in [1.54, 1.807) is 13.8 Å². The summed E-state index contributed by atoms with van der Waals surface area (Å²) in [4.78, 5) is 12.3. The Morgan fingerprint density at radius 1 is 1.28 bits per heavy atom. The van der Waals surface area contributed by atoms with Gasteiger partial charge in [0.05, 0.1) is 17.9 Å². The van der Waals surface area contributed by atoms with Gasteiger partial charge < -0.3 is 10.4 Å². The maximum atomic E-state index is 14.5. The van der Waals surface area contributed by atoms with Gasteiger partial charge in [0.25, 0.3) is 0 Å². The van der Waals surface area contributed by atoms with Crippen molar-refractivity contribution in [1.82, 2.24) is 19.3 Å². The van der Waals surface area contributed by atoms with Crippen molar-refractivity contribution in [1.29, 1.82) is 0 Å². The monoisotopic (exact) mass is 497 g/mol. The van der Waals surface area contributed by atoms with Crippen molar-refractivity contribution in [3.8, 4) is 10.7 Å². The van der Waals surface area contributed by atoms with Crippen molar-refractivity contribution >= 4 is 27.3 Å².